The first kappa shape index (κ1) is 16.9. The minimum absolute atomic E-state index is 0.149. The van der Waals surface area contributed by atoms with E-state index in [1.807, 2.05) is 0 Å². The summed E-state index contributed by atoms with van der Waals surface area (Å²) in [5, 5.41) is 2.82. The van der Waals surface area contributed by atoms with Crippen molar-refractivity contribution in [3.8, 4) is 0 Å². The van der Waals surface area contributed by atoms with Crippen LogP contribution in [0.2, 0.25) is 0 Å². The van der Waals surface area contributed by atoms with Crippen molar-refractivity contribution in [1.29, 1.82) is 0 Å². The van der Waals surface area contributed by atoms with Gasteiger partial charge in [-0.1, -0.05) is 0 Å². The summed E-state index contributed by atoms with van der Waals surface area (Å²) in [6, 6.07) is 3.69. The van der Waals surface area contributed by atoms with E-state index >= 15 is 0 Å². The van der Waals surface area contributed by atoms with Crippen LogP contribution in [0.5, 0.6) is 0 Å². The number of amides is 1. The number of carbonyl (C=O) groups is 1. The number of aryl methyl sites for hydroxylation is 1. The second-order valence-electron chi connectivity index (χ2n) is 7.01. The standard InChI is InChI=1S/C19H20F2N4O/c1-11-23-17-16(2-4-22-19(17)26)18(24-11)25-5-3-12(10-25)6-13-7-14(20)9-15(21)8-13/h7-9,12H,2-6,10H2,1H3,(H,22,26). The molecule has 1 amide bonds. The highest BCUT2D eigenvalue weighted by atomic mass is 19.1. The van der Waals surface area contributed by atoms with E-state index < -0.39 is 11.6 Å². The van der Waals surface area contributed by atoms with Gasteiger partial charge < -0.3 is 10.2 Å². The van der Waals surface area contributed by atoms with E-state index in [-0.39, 0.29) is 5.91 Å². The molecule has 3 heterocycles. The van der Waals surface area contributed by atoms with Crippen LogP contribution in [-0.2, 0) is 12.8 Å². The maximum Gasteiger partial charge on any atom is 0.270 e. The van der Waals surface area contributed by atoms with Crippen LogP contribution in [-0.4, -0.2) is 35.5 Å². The molecule has 1 aromatic heterocycles. The summed E-state index contributed by atoms with van der Waals surface area (Å²) in [6.45, 7) is 3.94. The summed E-state index contributed by atoms with van der Waals surface area (Å²) in [5.41, 5.74) is 2.04. The van der Waals surface area contributed by atoms with Gasteiger partial charge in [-0.25, -0.2) is 18.7 Å². The van der Waals surface area contributed by atoms with Crippen molar-refractivity contribution in [3.05, 3.63) is 52.5 Å². The van der Waals surface area contributed by atoms with Gasteiger partial charge in [0.15, 0.2) is 0 Å². The molecular weight excluding hydrogens is 338 g/mol. The molecule has 4 rings (SSSR count). The zero-order valence-corrected chi connectivity index (χ0v) is 14.6. The van der Waals surface area contributed by atoms with Crippen LogP contribution in [0.15, 0.2) is 18.2 Å². The zero-order chi connectivity index (χ0) is 18.3. The topological polar surface area (TPSA) is 58.1 Å². The highest BCUT2D eigenvalue weighted by Gasteiger charge is 2.30. The molecule has 1 unspecified atom stereocenters. The van der Waals surface area contributed by atoms with Crippen LogP contribution in [0, 0.1) is 24.5 Å². The summed E-state index contributed by atoms with van der Waals surface area (Å²) in [5.74, 6) is 0.466. The number of hydrogen-bond acceptors (Lipinski definition) is 4. The maximum absolute atomic E-state index is 13.4. The van der Waals surface area contributed by atoms with Crippen molar-refractivity contribution >= 4 is 11.7 Å². The molecule has 1 atom stereocenters. The molecule has 1 aromatic carbocycles. The van der Waals surface area contributed by atoms with Gasteiger partial charge in [-0.15, -0.1) is 0 Å². The van der Waals surface area contributed by atoms with Crippen LogP contribution in [0.3, 0.4) is 0 Å². The van der Waals surface area contributed by atoms with Crippen LogP contribution in [0.25, 0.3) is 0 Å². The predicted octanol–water partition coefficient (Wildman–Crippen LogP) is 2.42. The lowest BCUT2D eigenvalue weighted by atomic mass is 9.98. The van der Waals surface area contributed by atoms with E-state index in [0.29, 0.717) is 42.4 Å². The quantitative estimate of drug-likeness (QED) is 0.916. The molecule has 136 valence electrons. The Hall–Kier alpha value is -2.57. The van der Waals surface area contributed by atoms with Crippen molar-refractivity contribution in [2.24, 2.45) is 5.92 Å². The monoisotopic (exact) mass is 358 g/mol. The van der Waals surface area contributed by atoms with Crippen LogP contribution >= 0.6 is 0 Å². The highest BCUT2D eigenvalue weighted by Crippen LogP contribution is 2.30. The molecule has 0 saturated carbocycles. The van der Waals surface area contributed by atoms with E-state index in [9.17, 15) is 13.6 Å². The van der Waals surface area contributed by atoms with E-state index in [1.54, 1.807) is 6.92 Å². The van der Waals surface area contributed by atoms with E-state index in [4.69, 9.17) is 0 Å². The average molecular weight is 358 g/mol. The van der Waals surface area contributed by atoms with Crippen LogP contribution < -0.4 is 10.2 Å². The third kappa shape index (κ3) is 3.25. The van der Waals surface area contributed by atoms with E-state index in [1.165, 1.54) is 12.1 Å². The molecule has 0 radical (unpaired) electrons. The van der Waals surface area contributed by atoms with Crippen molar-refractivity contribution in [2.45, 2.75) is 26.2 Å². The lowest BCUT2D eigenvalue weighted by Crippen LogP contribution is -2.35. The Morgan fingerprint density at radius 3 is 2.77 bits per heavy atom. The van der Waals surface area contributed by atoms with Crippen molar-refractivity contribution in [2.75, 3.05) is 24.5 Å². The predicted molar refractivity (Wildman–Crippen MR) is 93.2 cm³/mol. The Kier molecular flexibility index (Phi) is 4.30. The van der Waals surface area contributed by atoms with E-state index in [2.05, 4.69) is 20.2 Å². The molecule has 2 aromatic rings. The fourth-order valence-corrected chi connectivity index (χ4v) is 3.90. The van der Waals surface area contributed by atoms with Gasteiger partial charge in [-0.05, 0) is 49.8 Å². The van der Waals surface area contributed by atoms with Gasteiger partial charge in [0.25, 0.3) is 5.91 Å². The summed E-state index contributed by atoms with van der Waals surface area (Å²) in [4.78, 5) is 23.1. The fourth-order valence-electron chi connectivity index (χ4n) is 3.90. The van der Waals surface area contributed by atoms with Gasteiger partial charge >= 0.3 is 0 Å². The summed E-state index contributed by atoms with van der Waals surface area (Å²) >= 11 is 0. The summed E-state index contributed by atoms with van der Waals surface area (Å²) in [7, 11) is 0. The molecule has 1 saturated heterocycles. The highest BCUT2D eigenvalue weighted by molar-refractivity contribution is 5.96. The zero-order valence-electron chi connectivity index (χ0n) is 14.6. The third-order valence-corrected chi connectivity index (χ3v) is 5.00. The molecule has 7 heteroatoms. The Morgan fingerprint density at radius 1 is 1.23 bits per heavy atom. The number of halogens is 2. The third-order valence-electron chi connectivity index (χ3n) is 5.00. The molecule has 0 bridgehead atoms. The number of benzene rings is 1. The first-order valence-corrected chi connectivity index (χ1v) is 8.85. The van der Waals surface area contributed by atoms with Gasteiger partial charge in [0.1, 0.15) is 29.0 Å². The first-order chi connectivity index (χ1) is 12.5. The number of nitrogens with one attached hydrogen (secondary N) is 1. The minimum Gasteiger partial charge on any atom is -0.356 e. The molecule has 1 N–H and O–H groups in total. The number of rotatable bonds is 3. The molecule has 5 nitrogen and oxygen atoms in total. The first-order valence-electron chi connectivity index (χ1n) is 8.85. The number of carbonyl (C=O) groups excluding carboxylic acids is 1. The second kappa shape index (κ2) is 6.63. The molecule has 26 heavy (non-hydrogen) atoms. The molecule has 0 spiro atoms. The van der Waals surface area contributed by atoms with Gasteiger partial charge in [0.05, 0.1) is 0 Å². The van der Waals surface area contributed by atoms with Crippen LogP contribution in [0.4, 0.5) is 14.6 Å². The average Bonchev–Trinajstić information content (AvgIpc) is 3.02. The molecule has 1 fully saturated rings. The van der Waals surface area contributed by atoms with Crippen LogP contribution in [0.1, 0.15) is 33.9 Å². The lowest BCUT2D eigenvalue weighted by molar-refractivity contribution is 0.0940. The smallest absolute Gasteiger partial charge is 0.270 e. The number of aromatic nitrogens is 2. The van der Waals surface area contributed by atoms with Crippen molar-refractivity contribution < 1.29 is 13.6 Å². The minimum atomic E-state index is -0.540. The Morgan fingerprint density at radius 2 is 2.00 bits per heavy atom. The Balaban J connectivity index is 1.55. The largest absolute Gasteiger partial charge is 0.356 e. The molecular formula is C19H20F2N4O. The lowest BCUT2D eigenvalue weighted by Gasteiger charge is -2.25. The SMILES string of the molecule is Cc1nc2c(c(N3CCC(Cc4cc(F)cc(F)c4)C3)n1)CCNC2=O. The normalized spacial score (nSPS) is 19.4. The number of anilines is 1. The van der Waals surface area contributed by atoms with Crippen molar-refractivity contribution in [3.63, 3.8) is 0 Å². The van der Waals surface area contributed by atoms with Gasteiger partial charge in [0, 0.05) is 31.3 Å². The second-order valence-corrected chi connectivity index (χ2v) is 7.01. The Labute approximate surface area is 150 Å². The number of hydrogen-bond donors (Lipinski definition) is 1. The number of nitrogens with zero attached hydrogens (tertiary/aromatic N) is 3. The summed E-state index contributed by atoms with van der Waals surface area (Å²) < 4.78 is 26.8. The van der Waals surface area contributed by atoms with E-state index in [0.717, 1.165) is 37.0 Å². The molecule has 0 aliphatic carbocycles. The fraction of sp³-hybridized carbons (Fsp3) is 0.421. The van der Waals surface area contributed by atoms with Gasteiger partial charge in [-0.2, -0.15) is 0 Å². The maximum atomic E-state index is 13.4. The summed E-state index contributed by atoms with van der Waals surface area (Å²) in [6.07, 6.45) is 2.26. The van der Waals surface area contributed by atoms with Gasteiger partial charge in [-0.3, -0.25) is 4.79 Å². The molecule has 2 aliphatic rings. The Bertz CT molecular complexity index is 851. The number of fused-ring (bicyclic) bond motifs is 1. The molecule has 2 aliphatic heterocycles. The van der Waals surface area contributed by atoms with Crippen molar-refractivity contribution in [1.82, 2.24) is 15.3 Å². The van der Waals surface area contributed by atoms with Gasteiger partial charge in [0.2, 0.25) is 0 Å².